The number of ether oxygens (including phenoxy) is 3. The molecule has 2 aromatic carbocycles. The van der Waals surface area contributed by atoms with Gasteiger partial charge in [-0.1, -0.05) is 25.1 Å². The number of rotatable bonds is 3. The van der Waals surface area contributed by atoms with Gasteiger partial charge in [-0.25, -0.2) is 9.59 Å². The third-order valence-electron chi connectivity index (χ3n) is 6.41. The van der Waals surface area contributed by atoms with Crippen molar-refractivity contribution in [3.05, 3.63) is 58.7 Å². The van der Waals surface area contributed by atoms with Crippen LogP contribution in [0.5, 0.6) is 11.5 Å². The van der Waals surface area contributed by atoms with E-state index in [0.29, 0.717) is 19.5 Å². The summed E-state index contributed by atoms with van der Waals surface area (Å²) in [4.78, 5) is 29.3. The van der Waals surface area contributed by atoms with Gasteiger partial charge < -0.3 is 19.3 Å². The molecule has 0 unspecified atom stereocenters. The molecule has 2 atom stereocenters. The summed E-state index contributed by atoms with van der Waals surface area (Å²) in [7, 11) is 1.33. The summed E-state index contributed by atoms with van der Waals surface area (Å²) in [6, 6.07) is 10.4. The van der Waals surface area contributed by atoms with E-state index in [1.807, 2.05) is 18.2 Å². The Morgan fingerprint density at radius 3 is 2.43 bits per heavy atom. The third kappa shape index (κ3) is 5.53. The Hall–Kier alpha value is -3.26. The van der Waals surface area contributed by atoms with E-state index in [2.05, 4.69) is 17.9 Å². The van der Waals surface area contributed by atoms with Gasteiger partial charge in [0.1, 0.15) is 29.2 Å². The Balaban J connectivity index is 1.69. The zero-order valence-corrected chi connectivity index (χ0v) is 21.0. The van der Waals surface area contributed by atoms with Crippen molar-refractivity contribution in [1.29, 1.82) is 0 Å². The number of phenolic OH excluding ortho intramolecular Hbond substituents is 1. The topological polar surface area (TPSA) is 88.5 Å². The SMILES string of the molecule is CCN1Cc2cc3c(cc2O[C@@H](c2ccc(O)cc2)C1)CN(C(=O)OC(C)(C)C)[C@H](C(=O)OC)C3. The van der Waals surface area contributed by atoms with E-state index < -0.39 is 23.7 Å². The highest BCUT2D eigenvalue weighted by Crippen LogP contribution is 2.37. The molecule has 2 aliphatic rings. The van der Waals surface area contributed by atoms with Crippen LogP contribution in [-0.2, 0) is 33.8 Å². The maximum Gasteiger partial charge on any atom is 0.411 e. The molecule has 0 radical (unpaired) electrons. The van der Waals surface area contributed by atoms with Gasteiger partial charge in [-0.15, -0.1) is 0 Å². The number of esters is 1. The molecule has 0 bridgehead atoms. The van der Waals surface area contributed by atoms with Crippen molar-refractivity contribution in [3.63, 3.8) is 0 Å². The number of hydrogen-bond donors (Lipinski definition) is 1. The first-order chi connectivity index (χ1) is 16.6. The number of likely N-dealkylation sites (N-methyl/N-ethyl adjacent to an activating group) is 1. The normalized spacial score (nSPS) is 20.2. The molecule has 2 aliphatic heterocycles. The molecule has 8 heteroatoms. The molecule has 8 nitrogen and oxygen atoms in total. The molecule has 188 valence electrons. The molecule has 0 fully saturated rings. The molecule has 1 amide bonds. The molecule has 1 N–H and O–H groups in total. The number of phenols is 1. The maximum atomic E-state index is 13.0. The van der Waals surface area contributed by atoms with Gasteiger partial charge in [0.2, 0.25) is 0 Å². The molecule has 0 saturated carbocycles. The third-order valence-corrected chi connectivity index (χ3v) is 6.41. The number of benzene rings is 2. The van der Waals surface area contributed by atoms with Crippen LogP contribution in [0.4, 0.5) is 4.79 Å². The number of carbonyl (C=O) groups excluding carboxylic acids is 2. The average molecular weight is 483 g/mol. The van der Waals surface area contributed by atoms with Crippen molar-refractivity contribution in [1.82, 2.24) is 9.80 Å². The number of aromatic hydroxyl groups is 1. The number of hydrogen-bond acceptors (Lipinski definition) is 7. The Morgan fingerprint density at radius 2 is 1.80 bits per heavy atom. The number of carbonyl (C=O) groups is 2. The van der Waals surface area contributed by atoms with Crippen molar-refractivity contribution in [2.24, 2.45) is 0 Å². The minimum absolute atomic E-state index is 0.205. The van der Waals surface area contributed by atoms with E-state index >= 15 is 0 Å². The summed E-state index contributed by atoms with van der Waals surface area (Å²) in [5.74, 6) is 0.514. The standard InChI is InChI=1S/C27H34N2O6/c1-6-28-14-20-11-18-12-22(25(31)33-5)29(26(32)35-27(2,3)4)15-19(18)13-23(20)34-24(16-28)17-7-9-21(30)10-8-17/h7-11,13,22,24,30H,6,12,14-16H2,1-5H3/t22-,24+/m0/s1. The monoisotopic (exact) mass is 482 g/mol. The summed E-state index contributed by atoms with van der Waals surface area (Å²) in [5.41, 5.74) is 3.26. The summed E-state index contributed by atoms with van der Waals surface area (Å²) in [5, 5.41) is 9.69. The molecule has 35 heavy (non-hydrogen) atoms. The first-order valence-electron chi connectivity index (χ1n) is 12.0. The Bertz CT molecular complexity index is 1090. The van der Waals surface area contributed by atoms with Crippen LogP contribution in [0, 0.1) is 0 Å². The van der Waals surface area contributed by atoms with Gasteiger partial charge in [-0.05, 0) is 62.2 Å². The molecule has 2 heterocycles. The fraction of sp³-hybridized carbons (Fsp3) is 0.481. The predicted molar refractivity (Wildman–Crippen MR) is 130 cm³/mol. The second-order valence-electron chi connectivity index (χ2n) is 10.1. The van der Waals surface area contributed by atoms with Crippen LogP contribution < -0.4 is 4.74 Å². The zero-order valence-electron chi connectivity index (χ0n) is 21.0. The van der Waals surface area contributed by atoms with Crippen LogP contribution in [0.1, 0.15) is 56.1 Å². The predicted octanol–water partition coefficient (Wildman–Crippen LogP) is 4.18. The van der Waals surface area contributed by atoms with Gasteiger partial charge in [0.05, 0.1) is 13.7 Å². The van der Waals surface area contributed by atoms with E-state index in [1.165, 1.54) is 12.0 Å². The molecular formula is C27H34N2O6. The van der Waals surface area contributed by atoms with Gasteiger partial charge in [0, 0.05) is 25.1 Å². The number of methoxy groups -OCH3 is 1. The summed E-state index contributed by atoms with van der Waals surface area (Å²) >= 11 is 0. The lowest BCUT2D eigenvalue weighted by molar-refractivity contribution is -0.147. The number of fused-ring (bicyclic) bond motifs is 2. The first kappa shape index (κ1) is 24.9. The molecule has 2 aromatic rings. The molecule has 0 aromatic heterocycles. The average Bonchev–Trinajstić information content (AvgIpc) is 2.99. The zero-order chi connectivity index (χ0) is 25.3. The van der Waals surface area contributed by atoms with E-state index in [1.54, 1.807) is 32.9 Å². The first-order valence-corrected chi connectivity index (χ1v) is 12.0. The highest BCUT2D eigenvalue weighted by Gasteiger charge is 2.38. The maximum absolute atomic E-state index is 13.0. The van der Waals surface area contributed by atoms with Gasteiger partial charge in [0.25, 0.3) is 0 Å². The Morgan fingerprint density at radius 1 is 1.09 bits per heavy atom. The lowest BCUT2D eigenvalue weighted by Gasteiger charge is -2.36. The van der Waals surface area contributed by atoms with E-state index in [0.717, 1.165) is 34.5 Å². The van der Waals surface area contributed by atoms with Crippen molar-refractivity contribution in [3.8, 4) is 11.5 Å². The second-order valence-corrected chi connectivity index (χ2v) is 10.1. The number of nitrogens with zero attached hydrogens (tertiary/aromatic N) is 2. The van der Waals surface area contributed by atoms with Crippen molar-refractivity contribution < 1.29 is 28.9 Å². The highest BCUT2D eigenvalue weighted by atomic mass is 16.6. The van der Waals surface area contributed by atoms with Gasteiger partial charge >= 0.3 is 12.1 Å². The lowest BCUT2D eigenvalue weighted by Crippen LogP contribution is -2.50. The molecule has 0 spiro atoms. The van der Waals surface area contributed by atoms with Crippen molar-refractivity contribution in [2.75, 3.05) is 20.2 Å². The van der Waals surface area contributed by atoms with Gasteiger partial charge in [-0.3, -0.25) is 9.80 Å². The molecular weight excluding hydrogens is 448 g/mol. The minimum Gasteiger partial charge on any atom is -0.508 e. The highest BCUT2D eigenvalue weighted by molar-refractivity contribution is 5.82. The van der Waals surface area contributed by atoms with Crippen LogP contribution in [-0.4, -0.2) is 58.8 Å². The molecule has 4 rings (SSSR count). The van der Waals surface area contributed by atoms with Crippen LogP contribution >= 0.6 is 0 Å². The minimum atomic E-state index is -0.751. The fourth-order valence-electron chi connectivity index (χ4n) is 4.59. The van der Waals surface area contributed by atoms with Gasteiger partial charge in [-0.2, -0.15) is 0 Å². The van der Waals surface area contributed by atoms with E-state index in [-0.39, 0.29) is 18.4 Å². The van der Waals surface area contributed by atoms with Crippen LogP contribution in [0.15, 0.2) is 36.4 Å². The molecule has 0 aliphatic carbocycles. The smallest absolute Gasteiger partial charge is 0.411 e. The largest absolute Gasteiger partial charge is 0.508 e. The quantitative estimate of drug-likeness (QED) is 0.657. The second kappa shape index (κ2) is 9.77. The van der Waals surface area contributed by atoms with E-state index in [9.17, 15) is 14.7 Å². The number of amides is 1. The Labute approximate surface area is 206 Å². The van der Waals surface area contributed by atoms with Crippen molar-refractivity contribution >= 4 is 12.1 Å². The fourth-order valence-corrected chi connectivity index (χ4v) is 4.59. The summed E-state index contributed by atoms with van der Waals surface area (Å²) in [6.07, 6.45) is -0.404. The van der Waals surface area contributed by atoms with Crippen LogP contribution in [0.3, 0.4) is 0 Å². The van der Waals surface area contributed by atoms with E-state index in [4.69, 9.17) is 14.2 Å². The Kier molecular flexibility index (Phi) is 6.94. The molecule has 0 saturated heterocycles. The van der Waals surface area contributed by atoms with Crippen LogP contribution in [0.2, 0.25) is 0 Å². The lowest BCUT2D eigenvalue weighted by atomic mass is 9.92. The van der Waals surface area contributed by atoms with Crippen LogP contribution in [0.25, 0.3) is 0 Å². The van der Waals surface area contributed by atoms with Gasteiger partial charge in [0.15, 0.2) is 0 Å². The van der Waals surface area contributed by atoms with Crippen molar-refractivity contribution in [2.45, 2.75) is 65.0 Å². The summed E-state index contributed by atoms with van der Waals surface area (Å²) < 4.78 is 17.1. The summed E-state index contributed by atoms with van der Waals surface area (Å²) in [6.45, 7) is 10.0.